The van der Waals surface area contributed by atoms with Gasteiger partial charge in [0.05, 0.1) is 11.3 Å². The zero-order chi connectivity index (χ0) is 13.4. The number of aromatic nitrogens is 1. The Balaban J connectivity index is 2.33. The first-order valence-corrected chi connectivity index (χ1v) is 5.85. The van der Waals surface area contributed by atoms with Crippen molar-refractivity contribution < 1.29 is 14.4 Å². The topological polar surface area (TPSA) is 63.3 Å². The van der Waals surface area contributed by atoms with E-state index in [1.165, 1.54) is 0 Å². The van der Waals surface area contributed by atoms with Gasteiger partial charge in [0.15, 0.2) is 5.76 Å². The van der Waals surface area contributed by atoms with Gasteiger partial charge < -0.3 is 9.63 Å². The van der Waals surface area contributed by atoms with Gasteiger partial charge in [-0.1, -0.05) is 35.5 Å². The van der Waals surface area contributed by atoms with Crippen molar-refractivity contribution in [2.75, 3.05) is 0 Å². The van der Waals surface area contributed by atoms with E-state index in [9.17, 15) is 9.90 Å². The summed E-state index contributed by atoms with van der Waals surface area (Å²) in [5.41, 5.74) is 1.93. The van der Waals surface area contributed by atoms with Crippen molar-refractivity contribution in [2.45, 2.75) is 6.92 Å². The summed E-state index contributed by atoms with van der Waals surface area (Å²) in [6.45, 7) is 1.85. The van der Waals surface area contributed by atoms with Crippen LogP contribution in [0.5, 0.6) is 0 Å². The first kappa shape index (κ1) is 11.5. The lowest BCUT2D eigenvalue weighted by molar-refractivity contribution is 0.0699. The second-order valence-corrected chi connectivity index (χ2v) is 4.34. The first-order chi connectivity index (χ1) is 9.16. The number of carbonyl (C=O) groups is 1. The summed E-state index contributed by atoms with van der Waals surface area (Å²) in [4.78, 5) is 11.2. The molecule has 0 bridgehead atoms. The molecule has 1 heterocycles. The maximum absolute atomic E-state index is 11.2. The van der Waals surface area contributed by atoms with Crippen molar-refractivity contribution in [1.29, 1.82) is 0 Å². The molecule has 0 atom stereocenters. The number of aryl methyl sites for hydroxylation is 1. The van der Waals surface area contributed by atoms with Gasteiger partial charge >= 0.3 is 5.97 Å². The Morgan fingerprint density at radius 3 is 2.58 bits per heavy atom. The molecular formula is C15H11NO3. The van der Waals surface area contributed by atoms with E-state index in [2.05, 4.69) is 5.16 Å². The van der Waals surface area contributed by atoms with Crippen LogP contribution in [-0.2, 0) is 0 Å². The van der Waals surface area contributed by atoms with Gasteiger partial charge in [-0.15, -0.1) is 0 Å². The Morgan fingerprint density at radius 1 is 1.16 bits per heavy atom. The molecular weight excluding hydrogens is 242 g/mol. The predicted molar refractivity (Wildman–Crippen MR) is 71.1 cm³/mol. The first-order valence-electron chi connectivity index (χ1n) is 5.85. The van der Waals surface area contributed by atoms with E-state index in [0.29, 0.717) is 11.1 Å². The lowest BCUT2D eigenvalue weighted by Crippen LogP contribution is -1.97. The van der Waals surface area contributed by atoms with Gasteiger partial charge in [-0.2, -0.15) is 0 Å². The fraction of sp³-hybridized carbons (Fsp3) is 0.0667. The molecule has 0 spiro atoms. The normalized spacial score (nSPS) is 10.8. The Hall–Kier alpha value is -2.62. The van der Waals surface area contributed by atoms with Gasteiger partial charge in [0.25, 0.3) is 0 Å². The smallest absolute Gasteiger partial charge is 0.336 e. The molecule has 0 aliphatic heterocycles. The number of carboxylic acid groups (broad SMARTS) is 1. The second-order valence-electron chi connectivity index (χ2n) is 4.34. The molecule has 4 nitrogen and oxygen atoms in total. The van der Waals surface area contributed by atoms with E-state index in [1.807, 2.05) is 31.2 Å². The molecule has 2 aromatic carbocycles. The summed E-state index contributed by atoms with van der Waals surface area (Å²) in [7, 11) is 0. The van der Waals surface area contributed by atoms with E-state index >= 15 is 0 Å². The van der Waals surface area contributed by atoms with Gasteiger partial charge in [0.1, 0.15) is 0 Å². The number of aromatic carboxylic acids is 1. The van der Waals surface area contributed by atoms with Gasteiger partial charge in [-0.25, -0.2) is 4.79 Å². The lowest BCUT2D eigenvalue weighted by Gasteiger charge is -2.05. The predicted octanol–water partition coefficient (Wildman–Crippen LogP) is 3.50. The SMILES string of the molecule is Cc1cc(-c2cccc3c(C(=O)O)cccc23)on1. The van der Waals surface area contributed by atoms with Crippen molar-refractivity contribution in [3.8, 4) is 11.3 Å². The molecule has 0 saturated heterocycles. The van der Waals surface area contributed by atoms with Crippen molar-refractivity contribution in [3.63, 3.8) is 0 Å². The molecule has 1 aromatic heterocycles. The van der Waals surface area contributed by atoms with Crippen LogP contribution in [0, 0.1) is 6.92 Å². The minimum absolute atomic E-state index is 0.288. The fourth-order valence-corrected chi connectivity index (χ4v) is 2.20. The highest BCUT2D eigenvalue weighted by molar-refractivity contribution is 6.07. The lowest BCUT2D eigenvalue weighted by atomic mass is 9.99. The summed E-state index contributed by atoms with van der Waals surface area (Å²) in [5, 5.41) is 14.6. The van der Waals surface area contributed by atoms with Crippen molar-refractivity contribution in [3.05, 3.63) is 53.7 Å². The minimum atomic E-state index is -0.934. The fourth-order valence-electron chi connectivity index (χ4n) is 2.20. The zero-order valence-corrected chi connectivity index (χ0v) is 10.3. The molecule has 94 valence electrons. The Kier molecular flexibility index (Phi) is 2.56. The van der Waals surface area contributed by atoms with Gasteiger partial charge in [-0.3, -0.25) is 0 Å². The number of rotatable bonds is 2. The van der Waals surface area contributed by atoms with Crippen molar-refractivity contribution in [2.24, 2.45) is 0 Å². The van der Waals surface area contributed by atoms with Crippen LogP contribution in [0.2, 0.25) is 0 Å². The van der Waals surface area contributed by atoms with E-state index in [4.69, 9.17) is 4.52 Å². The van der Waals surface area contributed by atoms with Crippen molar-refractivity contribution in [1.82, 2.24) is 5.16 Å². The minimum Gasteiger partial charge on any atom is -0.478 e. The summed E-state index contributed by atoms with van der Waals surface area (Å²) in [5.74, 6) is -0.290. The quantitative estimate of drug-likeness (QED) is 0.759. The van der Waals surface area contributed by atoms with Crippen LogP contribution >= 0.6 is 0 Å². The average molecular weight is 253 g/mol. The Morgan fingerprint density at radius 2 is 1.89 bits per heavy atom. The maximum atomic E-state index is 11.2. The number of hydrogen-bond acceptors (Lipinski definition) is 3. The second kappa shape index (κ2) is 4.24. The van der Waals surface area contributed by atoms with Crippen LogP contribution in [0.25, 0.3) is 22.1 Å². The molecule has 3 rings (SSSR count). The van der Waals surface area contributed by atoms with Gasteiger partial charge in [0.2, 0.25) is 0 Å². The number of hydrogen-bond donors (Lipinski definition) is 1. The molecule has 0 unspecified atom stereocenters. The van der Waals surface area contributed by atoms with E-state index in [1.54, 1.807) is 18.2 Å². The molecule has 1 N–H and O–H groups in total. The van der Waals surface area contributed by atoms with Crippen LogP contribution in [0.15, 0.2) is 47.0 Å². The van der Waals surface area contributed by atoms with Crippen LogP contribution in [-0.4, -0.2) is 16.2 Å². The third-order valence-electron chi connectivity index (χ3n) is 3.05. The summed E-state index contributed by atoms with van der Waals surface area (Å²) in [6, 6.07) is 12.6. The Labute approximate surface area is 109 Å². The molecule has 0 aliphatic carbocycles. The number of benzene rings is 2. The van der Waals surface area contributed by atoms with Crippen LogP contribution in [0.4, 0.5) is 0 Å². The average Bonchev–Trinajstić information content (AvgIpc) is 2.83. The molecule has 0 radical (unpaired) electrons. The van der Waals surface area contributed by atoms with E-state index in [0.717, 1.165) is 16.6 Å². The van der Waals surface area contributed by atoms with Gasteiger partial charge in [0, 0.05) is 11.6 Å². The van der Waals surface area contributed by atoms with Crippen LogP contribution in [0.3, 0.4) is 0 Å². The highest BCUT2D eigenvalue weighted by atomic mass is 16.5. The van der Waals surface area contributed by atoms with Crippen molar-refractivity contribution >= 4 is 16.7 Å². The van der Waals surface area contributed by atoms with E-state index < -0.39 is 5.97 Å². The summed E-state index contributed by atoms with van der Waals surface area (Å²) >= 11 is 0. The largest absolute Gasteiger partial charge is 0.478 e. The number of nitrogens with zero attached hydrogens (tertiary/aromatic N) is 1. The van der Waals surface area contributed by atoms with Crippen LogP contribution in [0.1, 0.15) is 16.1 Å². The highest BCUT2D eigenvalue weighted by Crippen LogP contribution is 2.30. The van der Waals surface area contributed by atoms with E-state index in [-0.39, 0.29) is 5.56 Å². The molecule has 0 amide bonds. The third-order valence-corrected chi connectivity index (χ3v) is 3.05. The van der Waals surface area contributed by atoms with Crippen LogP contribution < -0.4 is 0 Å². The highest BCUT2D eigenvalue weighted by Gasteiger charge is 2.13. The third kappa shape index (κ3) is 1.87. The zero-order valence-electron chi connectivity index (χ0n) is 10.3. The monoisotopic (exact) mass is 253 g/mol. The molecule has 19 heavy (non-hydrogen) atoms. The summed E-state index contributed by atoms with van der Waals surface area (Å²) < 4.78 is 5.26. The number of fused-ring (bicyclic) bond motifs is 1. The molecule has 0 fully saturated rings. The standard InChI is InChI=1S/C15H11NO3/c1-9-8-14(19-16-9)12-6-2-5-11-10(12)4-3-7-13(11)15(17)18/h2-8H,1H3,(H,17,18). The summed E-state index contributed by atoms with van der Waals surface area (Å²) in [6.07, 6.45) is 0. The molecule has 3 aromatic rings. The van der Waals surface area contributed by atoms with Gasteiger partial charge in [-0.05, 0) is 23.8 Å². The molecule has 0 aliphatic rings. The number of carboxylic acids is 1. The molecule has 4 heteroatoms. The Bertz CT molecular complexity index is 774. The maximum Gasteiger partial charge on any atom is 0.336 e. The molecule has 0 saturated carbocycles.